The van der Waals surface area contributed by atoms with Gasteiger partial charge < -0.3 is 10.1 Å². The van der Waals surface area contributed by atoms with Crippen molar-refractivity contribution in [1.82, 2.24) is 5.32 Å². The summed E-state index contributed by atoms with van der Waals surface area (Å²) < 4.78 is 30.2. The molecule has 1 aliphatic rings. The number of benzene rings is 1. The molecule has 0 bridgehead atoms. The molecule has 146 valence electrons. The van der Waals surface area contributed by atoms with Gasteiger partial charge in [0.1, 0.15) is 5.54 Å². The highest BCUT2D eigenvalue weighted by Gasteiger charge is 2.28. The lowest BCUT2D eigenvalue weighted by atomic mass is 9.94. The van der Waals surface area contributed by atoms with E-state index in [2.05, 4.69) is 11.2 Å². The Kier molecular flexibility index (Phi) is 6.50. The SMILES string of the molecule is C#CC(CC)(CC)NC(=O)COC(=O)c1ccc(N2CCCS2(=O)=O)cc1. The zero-order chi connectivity index (χ0) is 20.1. The van der Waals surface area contributed by atoms with Gasteiger partial charge in [0.15, 0.2) is 6.61 Å². The Morgan fingerprint density at radius 1 is 1.26 bits per heavy atom. The number of nitrogens with zero attached hydrogens (tertiary/aromatic N) is 1. The lowest BCUT2D eigenvalue weighted by Crippen LogP contribution is -2.48. The monoisotopic (exact) mass is 392 g/mol. The van der Waals surface area contributed by atoms with Crippen LogP contribution in [-0.4, -0.2) is 44.7 Å². The number of rotatable bonds is 7. The maximum atomic E-state index is 12.1. The van der Waals surface area contributed by atoms with Gasteiger partial charge in [0.2, 0.25) is 10.0 Å². The van der Waals surface area contributed by atoms with Crippen molar-refractivity contribution >= 4 is 27.6 Å². The largest absolute Gasteiger partial charge is 0.452 e. The van der Waals surface area contributed by atoms with Crippen molar-refractivity contribution in [3.05, 3.63) is 29.8 Å². The van der Waals surface area contributed by atoms with E-state index < -0.39 is 34.0 Å². The van der Waals surface area contributed by atoms with Crippen LogP contribution < -0.4 is 9.62 Å². The quantitative estimate of drug-likeness (QED) is 0.563. The van der Waals surface area contributed by atoms with Gasteiger partial charge in [-0.05, 0) is 43.5 Å². The summed E-state index contributed by atoms with van der Waals surface area (Å²) in [5, 5.41) is 2.72. The molecule has 0 aliphatic carbocycles. The van der Waals surface area contributed by atoms with E-state index >= 15 is 0 Å². The van der Waals surface area contributed by atoms with Crippen molar-refractivity contribution < 1.29 is 22.7 Å². The number of hydrogen-bond donors (Lipinski definition) is 1. The molecule has 7 nitrogen and oxygen atoms in total. The van der Waals surface area contributed by atoms with Crippen molar-refractivity contribution in [3.63, 3.8) is 0 Å². The highest BCUT2D eigenvalue weighted by molar-refractivity contribution is 7.93. The summed E-state index contributed by atoms with van der Waals surface area (Å²) in [4.78, 5) is 24.1. The fourth-order valence-electron chi connectivity index (χ4n) is 2.88. The van der Waals surface area contributed by atoms with Crippen molar-refractivity contribution in [1.29, 1.82) is 0 Å². The molecule has 1 saturated heterocycles. The average Bonchev–Trinajstić information content (AvgIpc) is 3.03. The molecule has 0 atom stereocenters. The third kappa shape index (κ3) is 4.80. The van der Waals surface area contributed by atoms with E-state index in [0.717, 1.165) is 0 Å². The van der Waals surface area contributed by atoms with Crippen LogP contribution in [0.25, 0.3) is 0 Å². The highest BCUT2D eigenvalue weighted by atomic mass is 32.2. The van der Waals surface area contributed by atoms with Crippen LogP contribution in [0.15, 0.2) is 24.3 Å². The predicted molar refractivity (Wildman–Crippen MR) is 103 cm³/mol. The molecule has 1 N–H and O–H groups in total. The van der Waals surface area contributed by atoms with Gasteiger partial charge in [-0.15, -0.1) is 6.42 Å². The molecule has 0 unspecified atom stereocenters. The number of hydrogen-bond acceptors (Lipinski definition) is 5. The molecule has 1 aromatic rings. The average molecular weight is 392 g/mol. The summed E-state index contributed by atoms with van der Waals surface area (Å²) in [6.07, 6.45) is 7.21. The van der Waals surface area contributed by atoms with E-state index in [1.807, 2.05) is 13.8 Å². The van der Waals surface area contributed by atoms with Crippen LogP contribution in [-0.2, 0) is 19.6 Å². The van der Waals surface area contributed by atoms with Crippen LogP contribution in [0, 0.1) is 12.3 Å². The van der Waals surface area contributed by atoms with E-state index in [-0.39, 0.29) is 11.3 Å². The van der Waals surface area contributed by atoms with Gasteiger partial charge in [-0.2, -0.15) is 0 Å². The number of carbonyl (C=O) groups is 2. The predicted octanol–water partition coefficient (Wildman–Crippen LogP) is 1.69. The van der Waals surface area contributed by atoms with Crippen LogP contribution in [0.4, 0.5) is 5.69 Å². The number of carbonyl (C=O) groups excluding carboxylic acids is 2. The zero-order valence-electron chi connectivity index (χ0n) is 15.5. The minimum atomic E-state index is -3.27. The van der Waals surface area contributed by atoms with Crippen LogP contribution in [0.3, 0.4) is 0 Å². The highest BCUT2D eigenvalue weighted by Crippen LogP contribution is 2.24. The number of nitrogens with one attached hydrogen (secondary N) is 1. The number of terminal acetylenes is 1. The Hall–Kier alpha value is -2.53. The molecular formula is C19H24N2O5S. The van der Waals surface area contributed by atoms with Gasteiger partial charge >= 0.3 is 5.97 Å². The molecular weight excluding hydrogens is 368 g/mol. The van der Waals surface area contributed by atoms with E-state index in [9.17, 15) is 18.0 Å². The molecule has 1 amide bonds. The number of amides is 1. The third-order valence-electron chi connectivity index (χ3n) is 4.69. The molecule has 1 aromatic carbocycles. The first kappa shape index (κ1) is 20.8. The fraction of sp³-hybridized carbons (Fsp3) is 0.474. The van der Waals surface area contributed by atoms with Gasteiger partial charge in [0.05, 0.1) is 17.0 Å². The number of ether oxygens (including phenoxy) is 1. The van der Waals surface area contributed by atoms with E-state index in [1.165, 1.54) is 16.4 Å². The maximum absolute atomic E-state index is 12.1. The van der Waals surface area contributed by atoms with Crippen LogP contribution in [0.5, 0.6) is 0 Å². The topological polar surface area (TPSA) is 92.8 Å². The first-order valence-corrected chi connectivity index (χ1v) is 10.4. The Morgan fingerprint density at radius 3 is 2.37 bits per heavy atom. The standard InChI is InChI=1S/C19H24N2O5S/c1-4-19(5-2,6-3)20-17(22)14-26-18(23)15-8-10-16(11-9-15)21-12-7-13-27(21,24)25/h1,8-11H,5-7,12-14H2,2-3H3,(H,20,22). The summed E-state index contributed by atoms with van der Waals surface area (Å²) >= 11 is 0. The number of anilines is 1. The smallest absolute Gasteiger partial charge is 0.338 e. The molecule has 8 heteroatoms. The van der Waals surface area contributed by atoms with Crippen molar-refractivity contribution in [3.8, 4) is 12.3 Å². The van der Waals surface area contributed by atoms with Crippen molar-refractivity contribution in [2.75, 3.05) is 23.2 Å². The first-order chi connectivity index (χ1) is 12.8. The van der Waals surface area contributed by atoms with Crippen molar-refractivity contribution in [2.24, 2.45) is 0 Å². The molecule has 1 aliphatic heterocycles. The van der Waals surface area contributed by atoms with Gasteiger partial charge in [0, 0.05) is 6.54 Å². The van der Waals surface area contributed by atoms with Gasteiger partial charge in [-0.3, -0.25) is 9.10 Å². The molecule has 0 saturated carbocycles. The molecule has 1 fully saturated rings. The van der Waals surface area contributed by atoms with Crippen LogP contribution in [0.1, 0.15) is 43.5 Å². The Bertz CT molecular complexity index is 836. The van der Waals surface area contributed by atoms with Crippen LogP contribution in [0.2, 0.25) is 0 Å². The molecule has 0 radical (unpaired) electrons. The number of sulfonamides is 1. The zero-order valence-corrected chi connectivity index (χ0v) is 16.3. The van der Waals surface area contributed by atoms with E-state index in [0.29, 0.717) is 31.5 Å². The second-order valence-corrected chi connectivity index (χ2v) is 8.36. The summed E-state index contributed by atoms with van der Waals surface area (Å²) in [5.74, 6) is 1.57. The first-order valence-electron chi connectivity index (χ1n) is 8.83. The van der Waals surface area contributed by atoms with E-state index in [1.54, 1.807) is 12.1 Å². The summed E-state index contributed by atoms with van der Waals surface area (Å²) in [7, 11) is -3.27. The Morgan fingerprint density at radius 2 is 1.89 bits per heavy atom. The molecule has 1 heterocycles. The van der Waals surface area contributed by atoms with Gasteiger partial charge in [-0.1, -0.05) is 19.8 Å². The third-order valence-corrected chi connectivity index (χ3v) is 6.56. The second kappa shape index (κ2) is 8.44. The summed E-state index contributed by atoms with van der Waals surface area (Å²) in [5.41, 5.74) is -0.00403. The summed E-state index contributed by atoms with van der Waals surface area (Å²) in [6, 6.07) is 6.06. The lowest BCUT2D eigenvalue weighted by Gasteiger charge is -2.26. The minimum absolute atomic E-state index is 0.126. The number of esters is 1. The molecule has 0 aromatic heterocycles. The Balaban J connectivity index is 1.95. The fourth-order valence-corrected chi connectivity index (χ4v) is 4.44. The second-order valence-electron chi connectivity index (χ2n) is 6.35. The van der Waals surface area contributed by atoms with Crippen LogP contribution >= 0.6 is 0 Å². The Labute approximate surface area is 160 Å². The molecule has 2 rings (SSSR count). The minimum Gasteiger partial charge on any atom is -0.452 e. The lowest BCUT2D eigenvalue weighted by molar-refractivity contribution is -0.125. The van der Waals surface area contributed by atoms with Crippen molar-refractivity contribution in [2.45, 2.75) is 38.6 Å². The molecule has 27 heavy (non-hydrogen) atoms. The van der Waals surface area contributed by atoms with Gasteiger partial charge in [-0.25, -0.2) is 13.2 Å². The summed E-state index contributed by atoms with van der Waals surface area (Å²) in [6.45, 7) is 3.73. The maximum Gasteiger partial charge on any atom is 0.338 e. The van der Waals surface area contributed by atoms with E-state index in [4.69, 9.17) is 11.2 Å². The normalized spacial score (nSPS) is 15.8. The van der Waals surface area contributed by atoms with Gasteiger partial charge in [0.25, 0.3) is 5.91 Å². The molecule has 0 spiro atoms.